The van der Waals surface area contributed by atoms with Crippen molar-refractivity contribution in [3.05, 3.63) is 165 Å². The number of amides is 1. The van der Waals surface area contributed by atoms with E-state index in [0.29, 0.717) is 62.3 Å². The smallest absolute Gasteiger partial charge is 0.450 e. The van der Waals surface area contributed by atoms with Crippen LogP contribution in [-0.2, 0) is 4.74 Å². The fraction of sp³-hybridized carbons (Fsp3) is 0.214. The van der Waals surface area contributed by atoms with Crippen molar-refractivity contribution in [2.45, 2.75) is 19.8 Å². The molecule has 0 radical (unpaired) electrons. The van der Waals surface area contributed by atoms with Crippen LogP contribution in [0.4, 0.5) is 4.79 Å². The second-order valence-corrected chi connectivity index (χ2v) is 11.5. The quantitative estimate of drug-likeness (QED) is 0.110. The van der Waals surface area contributed by atoms with Gasteiger partial charge in [-0.3, -0.25) is 0 Å². The molecule has 1 heterocycles. The average Bonchev–Trinajstić information content (AvgIpc) is 3.59. The Morgan fingerprint density at radius 2 is 1.60 bits per heavy atom. The van der Waals surface area contributed by atoms with Crippen molar-refractivity contribution in [1.82, 2.24) is 9.80 Å². The first kappa shape index (κ1) is 37.6. The van der Waals surface area contributed by atoms with E-state index in [1.54, 1.807) is 60.4 Å². The topological polar surface area (TPSA) is 137 Å². The highest BCUT2D eigenvalue weighted by Crippen LogP contribution is 2.36. The van der Waals surface area contributed by atoms with Crippen molar-refractivity contribution >= 4 is 23.5 Å². The largest absolute Gasteiger partial charge is 0.528 e. The average molecular weight is 685 g/mol. The van der Waals surface area contributed by atoms with Crippen molar-refractivity contribution in [3.8, 4) is 18.2 Å². The van der Waals surface area contributed by atoms with E-state index < -0.39 is 5.92 Å². The molecule has 1 atom stereocenters. The highest BCUT2D eigenvalue weighted by atomic mass is 16.6. The third-order valence-electron chi connectivity index (χ3n) is 8.51. The Kier molecular flexibility index (Phi) is 13.8. The van der Waals surface area contributed by atoms with Crippen LogP contribution in [-0.4, -0.2) is 54.9 Å². The second-order valence-electron chi connectivity index (χ2n) is 11.5. The van der Waals surface area contributed by atoms with Crippen molar-refractivity contribution in [3.63, 3.8) is 0 Å². The van der Waals surface area contributed by atoms with Crippen molar-refractivity contribution in [2.24, 2.45) is 5.92 Å². The maximum atomic E-state index is 12.4. The van der Waals surface area contributed by atoms with Crippen LogP contribution in [0.1, 0.15) is 30.9 Å². The van der Waals surface area contributed by atoms with E-state index in [1.807, 2.05) is 48.6 Å². The zero-order chi connectivity index (χ0) is 37.3. The summed E-state index contributed by atoms with van der Waals surface area (Å²) in [5.74, 6) is -1.08. The fourth-order valence-electron chi connectivity index (χ4n) is 6.11. The van der Waals surface area contributed by atoms with E-state index in [4.69, 9.17) is 23.3 Å². The number of carbonyl (C=O) groups is 1. The standard InChI is InChI=1S/C42H36N8O2/c1-4-52-42(51)50-25-23-49(24-26-50)40-33(17-11-19-35(27-43)38(37(29-45)30-46)31-13-7-5-8-14-31)21-22-34(40)18-12-20-36(28-44)39(41(47-2)48-3)32-15-9-6-10-16-32/h5-20,29,37,45H,4,21-26H2,1H3/b18-12+,19-11+,33-17+,36-20+,38-35-,45-29?. The molecule has 2 aromatic rings. The zero-order valence-corrected chi connectivity index (χ0v) is 28.8. The molecule has 1 aliphatic heterocycles. The molecule has 1 N–H and O–H groups in total. The fourth-order valence-corrected chi connectivity index (χ4v) is 6.11. The summed E-state index contributed by atoms with van der Waals surface area (Å²) >= 11 is 0. The van der Waals surface area contributed by atoms with Gasteiger partial charge in [-0.05, 0) is 59.8 Å². The van der Waals surface area contributed by atoms with E-state index >= 15 is 0 Å². The van der Waals surface area contributed by atoms with Gasteiger partial charge in [0.25, 0.3) is 0 Å². The van der Waals surface area contributed by atoms with Gasteiger partial charge >= 0.3 is 11.9 Å². The SMILES string of the molecule is [C-]#[N+]C([N+]#[C-])=C(/C(C#N)=C/C=C/C1=C(N2CCN(C(=O)OCC)CC2)C(=C/C=C/C(C#N)=C(\c2ccccc2)C(C#N)C=N)/CC1)c1ccccc1. The number of nitriles is 3. The number of rotatable bonds is 11. The molecule has 1 unspecified atom stereocenters. The molecule has 1 fully saturated rings. The number of piperazine rings is 1. The zero-order valence-electron chi connectivity index (χ0n) is 28.8. The molecule has 0 saturated carbocycles. The maximum Gasteiger partial charge on any atom is 0.528 e. The Hall–Kier alpha value is -7.19. The van der Waals surface area contributed by atoms with Gasteiger partial charge in [0.2, 0.25) is 0 Å². The molecule has 1 saturated heterocycles. The number of nitrogens with one attached hydrogen (secondary N) is 1. The summed E-state index contributed by atoms with van der Waals surface area (Å²) < 4.78 is 5.21. The first-order valence-corrected chi connectivity index (χ1v) is 16.6. The highest BCUT2D eigenvalue weighted by molar-refractivity contribution is 5.89. The lowest BCUT2D eigenvalue weighted by Crippen LogP contribution is -2.48. The number of benzene rings is 2. The van der Waals surface area contributed by atoms with E-state index in [9.17, 15) is 20.6 Å². The van der Waals surface area contributed by atoms with E-state index in [-0.39, 0.29) is 28.6 Å². The van der Waals surface area contributed by atoms with Crippen molar-refractivity contribution < 1.29 is 9.53 Å². The second kappa shape index (κ2) is 19.1. The normalized spacial score (nSPS) is 16.3. The Morgan fingerprint density at radius 3 is 2.15 bits per heavy atom. The third kappa shape index (κ3) is 9.07. The molecule has 0 aromatic heterocycles. The molecule has 2 aromatic carbocycles. The number of ether oxygens (including phenoxy) is 1. The number of hydrogen-bond donors (Lipinski definition) is 1. The lowest BCUT2D eigenvalue weighted by Gasteiger charge is -2.37. The summed E-state index contributed by atoms with van der Waals surface area (Å²) in [5.41, 5.74) is 5.50. The van der Waals surface area contributed by atoms with E-state index in [2.05, 4.69) is 32.8 Å². The van der Waals surface area contributed by atoms with Gasteiger partial charge in [-0.25, -0.2) is 4.79 Å². The lowest BCUT2D eigenvalue weighted by molar-refractivity contribution is 0.0873. The predicted molar refractivity (Wildman–Crippen MR) is 200 cm³/mol. The summed E-state index contributed by atoms with van der Waals surface area (Å²) in [6, 6.07) is 24.6. The summed E-state index contributed by atoms with van der Waals surface area (Å²) in [7, 11) is 0. The maximum absolute atomic E-state index is 12.4. The molecule has 1 amide bonds. The van der Waals surface area contributed by atoms with Gasteiger partial charge < -0.3 is 19.9 Å². The molecule has 52 heavy (non-hydrogen) atoms. The number of hydrogen-bond acceptors (Lipinski definition) is 7. The van der Waals surface area contributed by atoms with Crippen molar-refractivity contribution in [1.29, 1.82) is 21.2 Å². The van der Waals surface area contributed by atoms with Gasteiger partial charge in [-0.15, -0.1) is 0 Å². The van der Waals surface area contributed by atoms with E-state index in [1.165, 1.54) is 0 Å². The monoisotopic (exact) mass is 684 g/mol. The van der Waals surface area contributed by atoms with Crippen LogP contribution in [0.15, 0.2) is 131 Å². The molecule has 2 aliphatic rings. The Balaban J connectivity index is 1.76. The number of allylic oxidation sites excluding steroid dienone is 12. The molecule has 10 heteroatoms. The predicted octanol–water partition coefficient (Wildman–Crippen LogP) is 8.27. The van der Waals surface area contributed by atoms with Crippen LogP contribution >= 0.6 is 0 Å². The first-order valence-electron chi connectivity index (χ1n) is 16.6. The van der Waals surface area contributed by atoms with Gasteiger partial charge in [0, 0.05) is 38.1 Å². The minimum Gasteiger partial charge on any atom is -0.450 e. The first-order chi connectivity index (χ1) is 25.4. The Morgan fingerprint density at radius 1 is 0.942 bits per heavy atom. The molecule has 10 nitrogen and oxygen atoms in total. The Bertz CT molecular complexity index is 2080. The van der Waals surface area contributed by atoms with Gasteiger partial charge in [0.05, 0.1) is 41.5 Å². The minimum absolute atomic E-state index is 0.187. The van der Waals surface area contributed by atoms with Crippen LogP contribution in [0.5, 0.6) is 0 Å². The van der Waals surface area contributed by atoms with Crippen molar-refractivity contribution in [2.75, 3.05) is 32.8 Å². The summed E-state index contributed by atoms with van der Waals surface area (Å²) in [6.07, 6.45) is 12.8. The lowest BCUT2D eigenvalue weighted by atomic mass is 9.90. The van der Waals surface area contributed by atoms with Crippen LogP contribution in [0, 0.1) is 58.5 Å². The number of carbonyl (C=O) groups excluding carboxylic acids is 1. The van der Waals surface area contributed by atoms with Gasteiger partial charge in [-0.2, -0.15) is 25.5 Å². The number of nitrogens with zero attached hydrogens (tertiary/aromatic N) is 7. The molecule has 1 aliphatic carbocycles. The van der Waals surface area contributed by atoms with Crippen LogP contribution in [0.2, 0.25) is 0 Å². The summed E-state index contributed by atoms with van der Waals surface area (Å²) in [4.78, 5) is 23.1. The summed E-state index contributed by atoms with van der Waals surface area (Å²) in [6.45, 7) is 19.2. The van der Waals surface area contributed by atoms with Gasteiger partial charge in [0.1, 0.15) is 19.1 Å². The molecule has 4 rings (SSSR count). The Labute approximate surface area is 304 Å². The molecular weight excluding hydrogens is 649 g/mol. The van der Waals surface area contributed by atoms with E-state index in [0.717, 1.165) is 23.1 Å². The molecule has 256 valence electrons. The highest BCUT2D eigenvalue weighted by Gasteiger charge is 2.28. The van der Waals surface area contributed by atoms with Crippen LogP contribution < -0.4 is 0 Å². The summed E-state index contributed by atoms with van der Waals surface area (Å²) in [5, 5.41) is 37.8. The van der Waals surface area contributed by atoms with Crippen LogP contribution in [0.3, 0.4) is 0 Å². The van der Waals surface area contributed by atoms with Gasteiger partial charge in [-0.1, -0.05) is 85.0 Å². The molecule has 0 spiro atoms. The minimum atomic E-state index is -0.895. The third-order valence-corrected chi connectivity index (χ3v) is 8.51. The molecular formula is C42H36N8O2. The van der Waals surface area contributed by atoms with Crippen LogP contribution in [0.25, 0.3) is 20.8 Å². The van der Waals surface area contributed by atoms with Gasteiger partial charge in [0.15, 0.2) is 0 Å². The molecule has 0 bridgehead atoms.